The number of piperidine rings is 1. The number of hydrogen-bond acceptors (Lipinski definition) is 5. The number of para-hydroxylation sites is 1. The molecule has 0 bridgehead atoms. The van der Waals surface area contributed by atoms with Crippen LogP contribution in [-0.2, 0) is 20.9 Å². The fraction of sp³-hybridized carbons (Fsp3) is 0.273. The second-order valence-electron chi connectivity index (χ2n) is 7.33. The number of fused-ring (bicyclic) bond motifs is 1. The summed E-state index contributed by atoms with van der Waals surface area (Å²) in [5, 5.41) is 5.08. The lowest BCUT2D eigenvalue weighted by molar-refractivity contribution is -0.137. The molecule has 0 aromatic heterocycles. The van der Waals surface area contributed by atoms with Gasteiger partial charge >= 0.3 is 0 Å². The second kappa shape index (κ2) is 7.98. The van der Waals surface area contributed by atoms with Crippen LogP contribution in [0.5, 0.6) is 5.75 Å². The Kier molecular flexibility index (Phi) is 5.22. The standard InChI is InChI=1S/C22H21N3O5/c1-13-5-2-3-8-18(13)30-12-20(27)23-16-7-4-6-14-15(16)11-25(22(14)29)17-9-10-19(26)24-21(17)28/h2-8,17H,9-12H2,1H3,(H,23,27)(H,24,26,28). The molecule has 1 unspecified atom stereocenters. The number of ether oxygens (including phenoxy) is 1. The highest BCUT2D eigenvalue weighted by Crippen LogP contribution is 2.32. The van der Waals surface area contributed by atoms with Gasteiger partial charge in [0.05, 0.1) is 0 Å². The van der Waals surface area contributed by atoms with Crippen molar-refractivity contribution in [2.75, 3.05) is 11.9 Å². The zero-order valence-corrected chi connectivity index (χ0v) is 16.4. The predicted octanol–water partition coefficient (Wildman–Crippen LogP) is 1.77. The molecule has 0 aliphatic carbocycles. The number of carbonyl (C=O) groups excluding carboxylic acids is 4. The minimum Gasteiger partial charge on any atom is -0.483 e. The van der Waals surface area contributed by atoms with Crippen LogP contribution in [0.1, 0.15) is 34.3 Å². The van der Waals surface area contributed by atoms with E-state index in [0.717, 1.165) is 5.56 Å². The van der Waals surface area contributed by atoms with E-state index in [1.54, 1.807) is 24.3 Å². The van der Waals surface area contributed by atoms with Crippen molar-refractivity contribution in [3.63, 3.8) is 0 Å². The van der Waals surface area contributed by atoms with Gasteiger partial charge in [0.2, 0.25) is 11.8 Å². The van der Waals surface area contributed by atoms with Gasteiger partial charge in [0.25, 0.3) is 11.8 Å². The molecule has 1 atom stereocenters. The lowest BCUT2D eigenvalue weighted by Crippen LogP contribution is -2.52. The third kappa shape index (κ3) is 3.76. The molecule has 8 heteroatoms. The number of nitrogens with one attached hydrogen (secondary N) is 2. The van der Waals surface area contributed by atoms with E-state index in [1.165, 1.54) is 4.90 Å². The molecular formula is C22H21N3O5. The first-order valence-corrected chi connectivity index (χ1v) is 9.69. The van der Waals surface area contributed by atoms with Crippen molar-refractivity contribution in [2.45, 2.75) is 32.4 Å². The van der Waals surface area contributed by atoms with Gasteiger partial charge in [0, 0.05) is 29.8 Å². The largest absolute Gasteiger partial charge is 0.483 e. The van der Waals surface area contributed by atoms with Crippen molar-refractivity contribution >= 4 is 29.3 Å². The smallest absolute Gasteiger partial charge is 0.262 e. The van der Waals surface area contributed by atoms with Crippen LogP contribution >= 0.6 is 0 Å². The molecule has 4 amide bonds. The third-order valence-corrected chi connectivity index (χ3v) is 5.31. The summed E-state index contributed by atoms with van der Waals surface area (Å²) in [5.41, 5.74) is 2.53. The van der Waals surface area contributed by atoms with E-state index in [2.05, 4.69) is 10.6 Å². The maximum Gasteiger partial charge on any atom is 0.262 e. The number of carbonyl (C=O) groups is 4. The minimum absolute atomic E-state index is 0.167. The monoisotopic (exact) mass is 407 g/mol. The molecule has 2 heterocycles. The molecule has 2 aliphatic heterocycles. The molecule has 0 radical (unpaired) electrons. The molecule has 1 fully saturated rings. The molecule has 2 aromatic carbocycles. The maximum atomic E-state index is 12.8. The van der Waals surface area contributed by atoms with Crippen LogP contribution in [0.4, 0.5) is 5.69 Å². The van der Waals surface area contributed by atoms with Gasteiger partial charge in [0.1, 0.15) is 11.8 Å². The SMILES string of the molecule is Cc1ccccc1OCC(=O)Nc1cccc2c1CN(C1CCC(=O)NC1=O)C2=O. The fourth-order valence-corrected chi connectivity index (χ4v) is 3.75. The van der Waals surface area contributed by atoms with Gasteiger partial charge < -0.3 is 15.0 Å². The Balaban J connectivity index is 1.46. The third-order valence-electron chi connectivity index (χ3n) is 5.31. The number of rotatable bonds is 5. The molecule has 30 heavy (non-hydrogen) atoms. The molecule has 4 rings (SSSR count). The van der Waals surface area contributed by atoms with Crippen molar-refractivity contribution in [1.29, 1.82) is 0 Å². The molecule has 2 N–H and O–H groups in total. The Morgan fingerprint density at radius 3 is 2.73 bits per heavy atom. The van der Waals surface area contributed by atoms with Crippen molar-refractivity contribution in [3.05, 3.63) is 59.2 Å². The van der Waals surface area contributed by atoms with E-state index in [0.29, 0.717) is 22.6 Å². The Morgan fingerprint density at radius 1 is 1.17 bits per heavy atom. The summed E-state index contributed by atoms with van der Waals surface area (Å²) in [6.07, 6.45) is 0.479. The van der Waals surface area contributed by atoms with E-state index in [9.17, 15) is 19.2 Å². The highest BCUT2D eigenvalue weighted by atomic mass is 16.5. The number of amides is 4. The number of aryl methyl sites for hydroxylation is 1. The summed E-state index contributed by atoms with van der Waals surface area (Å²) in [4.78, 5) is 50.3. The highest BCUT2D eigenvalue weighted by molar-refractivity contribution is 6.06. The van der Waals surface area contributed by atoms with Gasteiger partial charge in [0.15, 0.2) is 6.61 Å². The average Bonchev–Trinajstić information content (AvgIpc) is 3.05. The summed E-state index contributed by atoms with van der Waals surface area (Å²) in [6.45, 7) is 1.92. The summed E-state index contributed by atoms with van der Waals surface area (Å²) < 4.78 is 5.58. The second-order valence-corrected chi connectivity index (χ2v) is 7.33. The summed E-state index contributed by atoms with van der Waals surface area (Å²) in [5.74, 6) is -0.804. The van der Waals surface area contributed by atoms with Crippen LogP contribution < -0.4 is 15.4 Å². The van der Waals surface area contributed by atoms with Crippen molar-refractivity contribution in [3.8, 4) is 5.75 Å². The first kappa shape index (κ1) is 19.6. The lowest BCUT2D eigenvalue weighted by atomic mass is 10.0. The van der Waals surface area contributed by atoms with Crippen molar-refractivity contribution in [2.24, 2.45) is 0 Å². The van der Waals surface area contributed by atoms with Gasteiger partial charge in [-0.25, -0.2) is 0 Å². The average molecular weight is 407 g/mol. The highest BCUT2D eigenvalue weighted by Gasteiger charge is 2.39. The molecule has 1 saturated heterocycles. The number of imide groups is 1. The topological polar surface area (TPSA) is 105 Å². The Hall–Kier alpha value is -3.68. The lowest BCUT2D eigenvalue weighted by Gasteiger charge is -2.29. The number of benzene rings is 2. The van der Waals surface area contributed by atoms with Crippen molar-refractivity contribution < 1.29 is 23.9 Å². The van der Waals surface area contributed by atoms with Crippen LogP contribution in [0.3, 0.4) is 0 Å². The first-order valence-electron chi connectivity index (χ1n) is 9.69. The minimum atomic E-state index is -0.699. The summed E-state index contributed by atoms with van der Waals surface area (Å²) in [6, 6.07) is 11.8. The van der Waals surface area contributed by atoms with Crippen LogP contribution in [0, 0.1) is 6.92 Å². The van der Waals surface area contributed by atoms with Crippen molar-refractivity contribution in [1.82, 2.24) is 10.2 Å². The molecule has 154 valence electrons. The van der Waals surface area contributed by atoms with E-state index in [4.69, 9.17) is 4.74 Å². The van der Waals surface area contributed by atoms with E-state index in [1.807, 2.05) is 25.1 Å². The molecular weight excluding hydrogens is 386 g/mol. The Bertz CT molecular complexity index is 1050. The Morgan fingerprint density at radius 2 is 1.97 bits per heavy atom. The zero-order chi connectivity index (χ0) is 21.3. The number of nitrogens with zero attached hydrogens (tertiary/aromatic N) is 1. The van der Waals surface area contributed by atoms with Gasteiger partial charge in [-0.2, -0.15) is 0 Å². The van der Waals surface area contributed by atoms with Crippen LogP contribution in [0.2, 0.25) is 0 Å². The molecule has 2 aromatic rings. The van der Waals surface area contributed by atoms with E-state index >= 15 is 0 Å². The molecule has 2 aliphatic rings. The van der Waals surface area contributed by atoms with Gasteiger partial charge in [-0.3, -0.25) is 24.5 Å². The summed E-state index contributed by atoms with van der Waals surface area (Å²) >= 11 is 0. The summed E-state index contributed by atoms with van der Waals surface area (Å²) in [7, 11) is 0. The predicted molar refractivity (Wildman–Crippen MR) is 108 cm³/mol. The van der Waals surface area contributed by atoms with Crippen LogP contribution in [0.25, 0.3) is 0 Å². The van der Waals surface area contributed by atoms with E-state index in [-0.39, 0.29) is 43.7 Å². The number of anilines is 1. The Labute approximate surface area is 173 Å². The van der Waals surface area contributed by atoms with Crippen LogP contribution in [0.15, 0.2) is 42.5 Å². The van der Waals surface area contributed by atoms with Crippen LogP contribution in [-0.4, -0.2) is 41.2 Å². The zero-order valence-electron chi connectivity index (χ0n) is 16.4. The normalized spacial score (nSPS) is 18.1. The maximum absolute atomic E-state index is 12.8. The fourth-order valence-electron chi connectivity index (χ4n) is 3.75. The van der Waals surface area contributed by atoms with Gasteiger partial charge in [-0.1, -0.05) is 24.3 Å². The molecule has 8 nitrogen and oxygen atoms in total. The van der Waals surface area contributed by atoms with E-state index < -0.39 is 11.9 Å². The van der Waals surface area contributed by atoms with Gasteiger partial charge in [-0.05, 0) is 37.1 Å². The van der Waals surface area contributed by atoms with Gasteiger partial charge in [-0.15, -0.1) is 0 Å². The molecule has 0 saturated carbocycles. The quantitative estimate of drug-likeness (QED) is 0.735. The first-order chi connectivity index (χ1) is 14.4. The molecule has 0 spiro atoms. The number of hydrogen-bond donors (Lipinski definition) is 2.